The van der Waals surface area contributed by atoms with Crippen LogP contribution in [0.4, 0.5) is 5.82 Å². The number of aliphatic imine (C=N–C) groups is 1. The lowest BCUT2D eigenvalue weighted by atomic mass is 10.1. The maximum absolute atomic E-state index is 5.80. The third-order valence-corrected chi connectivity index (χ3v) is 3.41. The number of anilines is 1. The molecule has 0 amide bonds. The first kappa shape index (κ1) is 11.8. The van der Waals surface area contributed by atoms with E-state index in [0.29, 0.717) is 5.82 Å². The Kier molecular flexibility index (Phi) is 2.74. The average Bonchev–Trinajstić information content (AvgIpc) is 2.97. The molecule has 5 heteroatoms. The minimum Gasteiger partial charge on any atom is -0.384 e. The van der Waals surface area contributed by atoms with Crippen molar-refractivity contribution in [2.45, 2.75) is 0 Å². The minimum atomic E-state index is 0.666. The molecule has 1 aromatic heterocycles. The highest BCUT2D eigenvalue weighted by atomic mass is 15.3. The largest absolute Gasteiger partial charge is 0.384 e. The predicted molar refractivity (Wildman–Crippen MR) is 77.1 cm³/mol. The number of likely N-dealkylation sites (N-methyl/N-ethyl adjacent to an activating group) is 1. The summed E-state index contributed by atoms with van der Waals surface area (Å²) in [5.74, 6) is 1.73. The molecule has 0 bridgehead atoms. The van der Waals surface area contributed by atoms with Crippen LogP contribution in [-0.4, -0.2) is 40.7 Å². The smallest absolute Gasteiger partial charge is 0.130 e. The zero-order valence-electron chi connectivity index (χ0n) is 11.2. The molecule has 19 heavy (non-hydrogen) atoms. The van der Waals surface area contributed by atoms with Crippen molar-refractivity contribution >= 4 is 11.7 Å². The monoisotopic (exact) mass is 255 g/mol. The van der Waals surface area contributed by atoms with Gasteiger partial charge in [-0.3, -0.25) is 9.67 Å². The molecule has 3 rings (SSSR count). The van der Waals surface area contributed by atoms with Crippen LogP contribution in [0.25, 0.3) is 11.3 Å². The maximum atomic E-state index is 5.80. The molecule has 0 saturated heterocycles. The van der Waals surface area contributed by atoms with Crippen LogP contribution < -0.4 is 5.73 Å². The molecule has 0 unspecified atom stereocenters. The molecule has 2 aromatic rings. The highest BCUT2D eigenvalue weighted by Crippen LogP contribution is 2.21. The van der Waals surface area contributed by atoms with Gasteiger partial charge < -0.3 is 10.6 Å². The van der Waals surface area contributed by atoms with Crippen molar-refractivity contribution in [1.82, 2.24) is 14.7 Å². The van der Waals surface area contributed by atoms with Crippen LogP contribution >= 0.6 is 0 Å². The number of rotatable bonds is 2. The number of hydrogen-bond donors (Lipinski definition) is 1. The Morgan fingerprint density at radius 1 is 1.11 bits per heavy atom. The molecule has 0 radical (unpaired) electrons. The Morgan fingerprint density at radius 3 is 2.32 bits per heavy atom. The van der Waals surface area contributed by atoms with Gasteiger partial charge in [-0.25, -0.2) is 0 Å². The van der Waals surface area contributed by atoms with Gasteiger partial charge in [0.05, 0.1) is 12.2 Å². The Labute approximate surface area is 112 Å². The first-order valence-electron chi connectivity index (χ1n) is 6.31. The van der Waals surface area contributed by atoms with Crippen LogP contribution in [0.3, 0.4) is 0 Å². The number of nitrogens with zero attached hydrogens (tertiary/aromatic N) is 4. The molecule has 1 aliphatic heterocycles. The molecule has 2 N–H and O–H groups in total. The van der Waals surface area contributed by atoms with Gasteiger partial charge in [-0.2, -0.15) is 5.10 Å². The van der Waals surface area contributed by atoms with Gasteiger partial charge in [0.15, 0.2) is 0 Å². The van der Waals surface area contributed by atoms with Crippen LogP contribution in [0.15, 0.2) is 35.3 Å². The fourth-order valence-corrected chi connectivity index (χ4v) is 2.26. The fourth-order valence-electron chi connectivity index (χ4n) is 2.26. The van der Waals surface area contributed by atoms with E-state index in [1.165, 1.54) is 0 Å². The van der Waals surface area contributed by atoms with Crippen molar-refractivity contribution in [1.29, 1.82) is 0 Å². The van der Waals surface area contributed by atoms with Crippen molar-refractivity contribution in [2.24, 2.45) is 12.0 Å². The summed E-state index contributed by atoms with van der Waals surface area (Å²) >= 11 is 0. The van der Waals surface area contributed by atoms with E-state index in [0.717, 1.165) is 35.7 Å². The summed E-state index contributed by atoms with van der Waals surface area (Å²) in [5, 5.41) is 4.37. The molecule has 98 valence electrons. The SMILES string of the molecule is CN1CCN=C1c1ccc(-c2cc(N)n(C)n2)cc1. The molecular weight excluding hydrogens is 238 g/mol. The second-order valence-electron chi connectivity index (χ2n) is 4.78. The van der Waals surface area contributed by atoms with Gasteiger partial charge in [0, 0.05) is 37.8 Å². The molecule has 0 fully saturated rings. The highest BCUT2D eigenvalue weighted by molar-refractivity contribution is 5.99. The highest BCUT2D eigenvalue weighted by Gasteiger charge is 2.14. The second kappa shape index (κ2) is 4.42. The summed E-state index contributed by atoms with van der Waals surface area (Å²) < 4.78 is 1.68. The Bertz CT molecular complexity index is 604. The van der Waals surface area contributed by atoms with Crippen molar-refractivity contribution in [3.05, 3.63) is 35.9 Å². The van der Waals surface area contributed by atoms with Crippen LogP contribution in [0.5, 0.6) is 0 Å². The number of nitrogen functional groups attached to an aromatic ring is 1. The minimum absolute atomic E-state index is 0.666. The first-order valence-corrected chi connectivity index (χ1v) is 6.31. The van der Waals surface area contributed by atoms with E-state index < -0.39 is 0 Å². The Morgan fingerprint density at radius 2 is 1.79 bits per heavy atom. The van der Waals surface area contributed by atoms with Gasteiger partial charge in [0.1, 0.15) is 11.7 Å². The van der Waals surface area contributed by atoms with Crippen LogP contribution in [0.2, 0.25) is 0 Å². The van der Waals surface area contributed by atoms with Gasteiger partial charge >= 0.3 is 0 Å². The Balaban J connectivity index is 1.90. The number of aromatic nitrogens is 2. The van der Waals surface area contributed by atoms with E-state index in [9.17, 15) is 0 Å². The molecular formula is C14H17N5. The third-order valence-electron chi connectivity index (χ3n) is 3.41. The quantitative estimate of drug-likeness (QED) is 0.881. The molecule has 2 heterocycles. The number of aryl methyl sites for hydroxylation is 1. The third kappa shape index (κ3) is 2.07. The Hall–Kier alpha value is -2.30. The first-order chi connectivity index (χ1) is 9.15. The molecule has 1 aromatic carbocycles. The van der Waals surface area contributed by atoms with E-state index in [1.54, 1.807) is 4.68 Å². The summed E-state index contributed by atoms with van der Waals surface area (Å²) in [4.78, 5) is 6.68. The average molecular weight is 255 g/mol. The van der Waals surface area contributed by atoms with Crippen molar-refractivity contribution in [3.8, 4) is 11.3 Å². The number of amidine groups is 1. The zero-order chi connectivity index (χ0) is 13.4. The molecule has 0 saturated carbocycles. The normalized spacial score (nSPS) is 14.8. The van der Waals surface area contributed by atoms with E-state index in [4.69, 9.17) is 5.73 Å². The van der Waals surface area contributed by atoms with Gasteiger partial charge in [0.25, 0.3) is 0 Å². The van der Waals surface area contributed by atoms with Crippen LogP contribution in [-0.2, 0) is 7.05 Å². The summed E-state index contributed by atoms with van der Waals surface area (Å²) in [6.45, 7) is 1.87. The fraction of sp³-hybridized carbons (Fsp3) is 0.286. The standard InChI is InChI=1S/C14H17N5/c1-18-8-7-16-14(18)11-5-3-10(4-6-11)12-9-13(15)19(2)17-12/h3-6,9H,7-8,15H2,1-2H3. The molecule has 1 aliphatic rings. The number of hydrogen-bond acceptors (Lipinski definition) is 4. The number of benzene rings is 1. The summed E-state index contributed by atoms with van der Waals surface area (Å²) in [6, 6.07) is 10.2. The van der Waals surface area contributed by atoms with E-state index in [1.807, 2.05) is 13.1 Å². The topological polar surface area (TPSA) is 59.4 Å². The van der Waals surface area contributed by atoms with Gasteiger partial charge in [-0.1, -0.05) is 24.3 Å². The van der Waals surface area contributed by atoms with Crippen LogP contribution in [0, 0.1) is 0 Å². The van der Waals surface area contributed by atoms with E-state index in [-0.39, 0.29) is 0 Å². The lowest BCUT2D eigenvalue weighted by molar-refractivity contribution is 0.557. The van der Waals surface area contributed by atoms with Gasteiger partial charge in [-0.15, -0.1) is 0 Å². The summed E-state index contributed by atoms with van der Waals surface area (Å²) in [6.07, 6.45) is 0. The van der Waals surface area contributed by atoms with Crippen molar-refractivity contribution < 1.29 is 0 Å². The lowest BCUT2D eigenvalue weighted by Gasteiger charge is -2.13. The van der Waals surface area contributed by atoms with Gasteiger partial charge in [-0.05, 0) is 0 Å². The summed E-state index contributed by atoms with van der Waals surface area (Å²) in [7, 11) is 3.91. The van der Waals surface area contributed by atoms with Gasteiger partial charge in [0.2, 0.25) is 0 Å². The zero-order valence-corrected chi connectivity index (χ0v) is 11.2. The molecule has 0 aliphatic carbocycles. The van der Waals surface area contributed by atoms with E-state index in [2.05, 4.69) is 46.3 Å². The lowest BCUT2D eigenvalue weighted by Crippen LogP contribution is -2.23. The molecule has 0 spiro atoms. The summed E-state index contributed by atoms with van der Waals surface area (Å²) in [5.41, 5.74) is 8.91. The molecule has 5 nitrogen and oxygen atoms in total. The predicted octanol–water partition coefficient (Wildman–Crippen LogP) is 1.36. The maximum Gasteiger partial charge on any atom is 0.130 e. The van der Waals surface area contributed by atoms with E-state index >= 15 is 0 Å². The number of nitrogens with two attached hydrogens (primary N) is 1. The second-order valence-corrected chi connectivity index (χ2v) is 4.78. The molecule has 0 atom stereocenters. The van der Waals surface area contributed by atoms with Crippen molar-refractivity contribution in [2.75, 3.05) is 25.9 Å². The van der Waals surface area contributed by atoms with Crippen molar-refractivity contribution in [3.63, 3.8) is 0 Å². The van der Waals surface area contributed by atoms with Crippen LogP contribution in [0.1, 0.15) is 5.56 Å².